The molecule has 1 amide bonds. The van der Waals surface area contributed by atoms with E-state index in [2.05, 4.69) is 45.7 Å². The highest BCUT2D eigenvalue weighted by Crippen LogP contribution is 2.21. The van der Waals surface area contributed by atoms with Gasteiger partial charge in [0.05, 0.1) is 6.54 Å². The average molecular weight is 347 g/mol. The standard InChI is InChI=1S/C11H19BrN4O2Si/c1-19(2,3)7-6-18-8-15-9(17)4-5-16-11(15)13-10(12)14-16/h4-8H2,1-3H3. The minimum Gasteiger partial charge on any atom is -0.361 e. The maximum absolute atomic E-state index is 11.9. The van der Waals surface area contributed by atoms with E-state index >= 15 is 0 Å². The highest BCUT2D eigenvalue weighted by molar-refractivity contribution is 9.10. The molecule has 0 atom stereocenters. The van der Waals surface area contributed by atoms with Crippen molar-refractivity contribution in [2.45, 2.75) is 38.7 Å². The van der Waals surface area contributed by atoms with Gasteiger partial charge >= 0.3 is 0 Å². The van der Waals surface area contributed by atoms with Crippen LogP contribution in [0.15, 0.2) is 4.73 Å². The van der Waals surface area contributed by atoms with Crippen molar-refractivity contribution in [3.63, 3.8) is 0 Å². The molecule has 0 bridgehead atoms. The quantitative estimate of drug-likeness (QED) is 0.605. The SMILES string of the molecule is C[Si](C)(C)CCOCN1C(=O)CCn2nc(Br)nc21. The van der Waals surface area contributed by atoms with E-state index in [0.717, 1.165) is 6.04 Å². The van der Waals surface area contributed by atoms with Crippen LogP contribution in [0.1, 0.15) is 6.42 Å². The van der Waals surface area contributed by atoms with Crippen LogP contribution in [0.2, 0.25) is 25.7 Å². The van der Waals surface area contributed by atoms with Gasteiger partial charge < -0.3 is 4.74 Å². The fraction of sp³-hybridized carbons (Fsp3) is 0.727. The first-order chi connectivity index (χ1) is 8.87. The van der Waals surface area contributed by atoms with Crippen molar-refractivity contribution >= 4 is 35.9 Å². The summed E-state index contributed by atoms with van der Waals surface area (Å²) in [6.45, 7) is 8.43. The van der Waals surface area contributed by atoms with Gasteiger partial charge in [-0.1, -0.05) is 19.6 Å². The largest absolute Gasteiger partial charge is 0.361 e. The van der Waals surface area contributed by atoms with Gasteiger partial charge in [0, 0.05) is 21.1 Å². The van der Waals surface area contributed by atoms with Crippen LogP contribution in [-0.2, 0) is 16.1 Å². The molecule has 0 unspecified atom stereocenters. The lowest BCUT2D eigenvalue weighted by molar-refractivity contribution is -0.120. The van der Waals surface area contributed by atoms with Gasteiger partial charge in [0.2, 0.25) is 16.6 Å². The summed E-state index contributed by atoms with van der Waals surface area (Å²) in [6.07, 6.45) is 0.445. The predicted molar refractivity (Wildman–Crippen MR) is 78.8 cm³/mol. The number of rotatable bonds is 5. The van der Waals surface area contributed by atoms with Crippen molar-refractivity contribution in [1.29, 1.82) is 0 Å². The minimum absolute atomic E-state index is 0.0420. The molecule has 0 saturated heterocycles. The first kappa shape index (κ1) is 14.7. The van der Waals surface area contributed by atoms with Crippen LogP contribution < -0.4 is 4.90 Å². The third-order valence-corrected chi connectivity index (χ3v) is 4.96. The Bertz CT molecular complexity index is 472. The van der Waals surface area contributed by atoms with Gasteiger partial charge in [-0.15, -0.1) is 5.10 Å². The highest BCUT2D eigenvalue weighted by atomic mass is 79.9. The Morgan fingerprint density at radius 1 is 1.42 bits per heavy atom. The molecule has 2 rings (SSSR count). The monoisotopic (exact) mass is 346 g/mol. The molecule has 8 heteroatoms. The second-order valence-electron chi connectivity index (χ2n) is 5.82. The summed E-state index contributed by atoms with van der Waals surface area (Å²) in [5.41, 5.74) is 0. The Balaban J connectivity index is 1.94. The fourth-order valence-corrected chi connectivity index (χ4v) is 2.88. The van der Waals surface area contributed by atoms with Gasteiger partial charge in [0.25, 0.3) is 0 Å². The maximum Gasteiger partial charge on any atom is 0.233 e. The number of aryl methyl sites for hydroxylation is 1. The van der Waals surface area contributed by atoms with E-state index in [1.165, 1.54) is 0 Å². The van der Waals surface area contributed by atoms with Gasteiger partial charge in [-0.3, -0.25) is 9.69 Å². The number of carbonyl (C=O) groups excluding carboxylic acids is 1. The summed E-state index contributed by atoms with van der Waals surface area (Å²) in [4.78, 5) is 17.7. The summed E-state index contributed by atoms with van der Waals surface area (Å²) in [7, 11) is -1.10. The van der Waals surface area contributed by atoms with Crippen LogP contribution in [0, 0.1) is 0 Å². The summed E-state index contributed by atoms with van der Waals surface area (Å²) in [5.74, 6) is 0.608. The molecule has 0 radical (unpaired) electrons. The molecule has 0 fully saturated rings. The molecule has 2 heterocycles. The molecule has 106 valence electrons. The Morgan fingerprint density at radius 3 is 2.84 bits per heavy atom. The van der Waals surface area contributed by atoms with Crippen molar-refractivity contribution in [2.75, 3.05) is 18.2 Å². The van der Waals surface area contributed by atoms with Crippen LogP contribution in [0.3, 0.4) is 0 Å². The topological polar surface area (TPSA) is 60.2 Å². The second kappa shape index (κ2) is 5.72. The van der Waals surface area contributed by atoms with E-state index in [0.29, 0.717) is 30.3 Å². The molecule has 0 spiro atoms. The molecule has 0 N–H and O–H groups in total. The highest BCUT2D eigenvalue weighted by Gasteiger charge is 2.27. The predicted octanol–water partition coefficient (Wildman–Crippen LogP) is 2.09. The Kier molecular flexibility index (Phi) is 4.42. The van der Waals surface area contributed by atoms with E-state index in [1.54, 1.807) is 9.58 Å². The number of fused-ring (bicyclic) bond motifs is 1. The van der Waals surface area contributed by atoms with Crippen LogP contribution >= 0.6 is 15.9 Å². The van der Waals surface area contributed by atoms with Crippen molar-refractivity contribution in [2.24, 2.45) is 0 Å². The maximum atomic E-state index is 11.9. The van der Waals surface area contributed by atoms with Gasteiger partial charge in [-0.25, -0.2) is 4.68 Å². The second-order valence-corrected chi connectivity index (χ2v) is 12.2. The van der Waals surface area contributed by atoms with Crippen molar-refractivity contribution in [3.05, 3.63) is 4.73 Å². The van der Waals surface area contributed by atoms with Crippen molar-refractivity contribution < 1.29 is 9.53 Å². The molecule has 0 saturated carbocycles. The van der Waals surface area contributed by atoms with Crippen LogP contribution in [0.4, 0.5) is 5.95 Å². The normalized spacial score (nSPS) is 15.8. The third-order valence-electron chi connectivity index (χ3n) is 2.92. The number of hydrogen-bond donors (Lipinski definition) is 0. The average Bonchev–Trinajstić information content (AvgIpc) is 2.66. The van der Waals surface area contributed by atoms with Gasteiger partial charge in [-0.2, -0.15) is 4.98 Å². The Labute approximate surface area is 122 Å². The zero-order valence-corrected chi connectivity index (χ0v) is 14.1. The van der Waals surface area contributed by atoms with Crippen LogP contribution in [0.5, 0.6) is 0 Å². The third kappa shape index (κ3) is 3.87. The van der Waals surface area contributed by atoms with Crippen molar-refractivity contribution in [1.82, 2.24) is 14.8 Å². The molecular formula is C11H19BrN4O2Si. The summed E-state index contributed by atoms with van der Waals surface area (Å²) in [5, 5.41) is 4.18. The van der Waals surface area contributed by atoms with Gasteiger partial charge in [-0.05, 0) is 22.0 Å². The molecule has 1 aromatic rings. The summed E-state index contributed by atoms with van der Waals surface area (Å²) >= 11 is 3.23. The molecule has 0 aliphatic carbocycles. The summed E-state index contributed by atoms with van der Waals surface area (Å²) in [6, 6.07) is 1.09. The zero-order valence-electron chi connectivity index (χ0n) is 11.5. The lowest BCUT2D eigenvalue weighted by Crippen LogP contribution is -2.40. The van der Waals surface area contributed by atoms with Crippen molar-refractivity contribution in [3.8, 4) is 0 Å². The van der Waals surface area contributed by atoms with E-state index in [-0.39, 0.29) is 12.6 Å². The Morgan fingerprint density at radius 2 is 2.16 bits per heavy atom. The molecule has 6 nitrogen and oxygen atoms in total. The molecule has 1 aliphatic heterocycles. The number of carbonyl (C=O) groups is 1. The van der Waals surface area contributed by atoms with E-state index < -0.39 is 8.07 Å². The number of amides is 1. The first-order valence-corrected chi connectivity index (χ1v) is 10.9. The molecule has 19 heavy (non-hydrogen) atoms. The van der Waals surface area contributed by atoms with E-state index in [9.17, 15) is 4.79 Å². The first-order valence-electron chi connectivity index (χ1n) is 6.35. The molecule has 1 aromatic heterocycles. The zero-order chi connectivity index (χ0) is 14.0. The van der Waals surface area contributed by atoms with E-state index in [4.69, 9.17) is 4.74 Å². The number of nitrogens with zero attached hydrogens (tertiary/aromatic N) is 4. The van der Waals surface area contributed by atoms with Crippen LogP contribution in [0.25, 0.3) is 0 Å². The van der Waals surface area contributed by atoms with Gasteiger partial charge in [0.15, 0.2) is 0 Å². The van der Waals surface area contributed by atoms with E-state index in [1.807, 2.05) is 0 Å². The lowest BCUT2D eigenvalue weighted by Gasteiger charge is -2.26. The smallest absolute Gasteiger partial charge is 0.233 e. The number of halogens is 1. The summed E-state index contributed by atoms with van der Waals surface area (Å²) < 4.78 is 7.86. The number of hydrogen-bond acceptors (Lipinski definition) is 4. The Hall–Kier alpha value is -0.733. The molecule has 1 aliphatic rings. The molecule has 0 aromatic carbocycles. The minimum atomic E-state index is -1.10. The van der Waals surface area contributed by atoms with Gasteiger partial charge in [0.1, 0.15) is 6.73 Å². The number of ether oxygens (including phenoxy) is 1. The molecular weight excluding hydrogens is 328 g/mol. The van der Waals surface area contributed by atoms with Crippen LogP contribution in [-0.4, -0.2) is 42.1 Å². The number of aromatic nitrogens is 3. The number of anilines is 1. The fourth-order valence-electron chi connectivity index (χ4n) is 1.77. The lowest BCUT2D eigenvalue weighted by atomic mass is 10.3.